The van der Waals surface area contributed by atoms with E-state index in [4.69, 9.17) is 11.6 Å². The Labute approximate surface area is 283 Å². The van der Waals surface area contributed by atoms with Crippen molar-refractivity contribution < 1.29 is 18.0 Å². The van der Waals surface area contributed by atoms with E-state index in [0.29, 0.717) is 10.7 Å². The molecule has 1 fully saturated rings. The first-order valence-electron chi connectivity index (χ1n) is 16.2. The SMILES string of the molecule is CC(C)c1ccc(N(CC(=O)N(Cc2ccc(Cl)cc2)C(Cc2ccccc2)C(=O)NC2CCCC2)S(=O)(=O)c2ccccc2)cc1. The van der Waals surface area contributed by atoms with Crippen LogP contribution in [0.3, 0.4) is 0 Å². The molecule has 1 unspecified atom stereocenters. The smallest absolute Gasteiger partial charge is 0.264 e. The maximum absolute atomic E-state index is 14.6. The van der Waals surface area contributed by atoms with Crippen molar-refractivity contribution in [3.05, 3.63) is 131 Å². The average Bonchev–Trinajstić information content (AvgIpc) is 3.60. The molecule has 0 heterocycles. The van der Waals surface area contributed by atoms with Gasteiger partial charge in [-0.25, -0.2) is 8.42 Å². The van der Waals surface area contributed by atoms with E-state index < -0.39 is 28.5 Å². The third kappa shape index (κ3) is 8.82. The van der Waals surface area contributed by atoms with Crippen molar-refractivity contribution >= 4 is 39.1 Å². The number of sulfonamides is 1. The summed E-state index contributed by atoms with van der Waals surface area (Å²) in [5, 5.41) is 3.75. The van der Waals surface area contributed by atoms with Gasteiger partial charge in [-0.05, 0) is 71.8 Å². The number of hydrogen-bond donors (Lipinski definition) is 1. The normalized spacial score (nSPS) is 14.1. The lowest BCUT2D eigenvalue weighted by Crippen LogP contribution is -2.54. The molecule has 0 aliphatic heterocycles. The molecule has 246 valence electrons. The molecule has 0 spiro atoms. The van der Waals surface area contributed by atoms with Gasteiger partial charge in [0.25, 0.3) is 10.0 Å². The molecule has 0 saturated heterocycles. The van der Waals surface area contributed by atoms with E-state index in [-0.39, 0.29) is 35.7 Å². The summed E-state index contributed by atoms with van der Waals surface area (Å²) in [6.45, 7) is 3.73. The Bertz CT molecular complexity index is 1730. The summed E-state index contributed by atoms with van der Waals surface area (Å²) in [4.78, 5) is 30.3. The number of hydrogen-bond acceptors (Lipinski definition) is 4. The van der Waals surface area contributed by atoms with Crippen LogP contribution in [-0.4, -0.2) is 43.8 Å². The Morgan fingerprint density at radius 2 is 1.40 bits per heavy atom. The van der Waals surface area contributed by atoms with E-state index in [1.807, 2.05) is 54.6 Å². The second-order valence-corrected chi connectivity index (χ2v) is 14.7. The Hall–Kier alpha value is -4.14. The van der Waals surface area contributed by atoms with Crippen LogP contribution in [0, 0.1) is 0 Å². The number of anilines is 1. The number of carbonyl (C=O) groups is 2. The highest BCUT2D eigenvalue weighted by atomic mass is 35.5. The quantitative estimate of drug-likeness (QED) is 0.161. The van der Waals surface area contributed by atoms with Crippen LogP contribution in [0.2, 0.25) is 5.02 Å². The maximum atomic E-state index is 14.6. The Kier molecular flexibility index (Phi) is 11.4. The van der Waals surface area contributed by atoms with Gasteiger partial charge in [-0.15, -0.1) is 0 Å². The first-order chi connectivity index (χ1) is 22.6. The second kappa shape index (κ2) is 15.6. The number of nitrogens with zero attached hydrogens (tertiary/aromatic N) is 2. The molecule has 9 heteroatoms. The molecule has 1 atom stereocenters. The Balaban J connectivity index is 1.56. The van der Waals surface area contributed by atoms with Crippen LogP contribution in [0.25, 0.3) is 0 Å². The molecule has 1 aliphatic carbocycles. The predicted molar refractivity (Wildman–Crippen MR) is 188 cm³/mol. The average molecular weight is 672 g/mol. The molecule has 5 rings (SSSR count). The largest absolute Gasteiger partial charge is 0.352 e. The fourth-order valence-corrected chi connectivity index (χ4v) is 7.54. The highest BCUT2D eigenvalue weighted by Gasteiger charge is 2.35. The lowest BCUT2D eigenvalue weighted by Gasteiger charge is -2.34. The van der Waals surface area contributed by atoms with Gasteiger partial charge in [0.15, 0.2) is 0 Å². The van der Waals surface area contributed by atoms with Crippen LogP contribution >= 0.6 is 11.6 Å². The van der Waals surface area contributed by atoms with Gasteiger partial charge in [-0.2, -0.15) is 0 Å². The molecule has 4 aromatic carbocycles. The molecule has 1 N–H and O–H groups in total. The van der Waals surface area contributed by atoms with Gasteiger partial charge < -0.3 is 10.2 Å². The molecule has 7 nitrogen and oxygen atoms in total. The van der Waals surface area contributed by atoms with Crippen LogP contribution in [-0.2, 0) is 32.6 Å². The first kappa shape index (κ1) is 34.2. The van der Waals surface area contributed by atoms with Gasteiger partial charge in [0.2, 0.25) is 11.8 Å². The van der Waals surface area contributed by atoms with Gasteiger partial charge in [-0.3, -0.25) is 13.9 Å². The molecular formula is C38H42ClN3O4S. The second-order valence-electron chi connectivity index (χ2n) is 12.4. The molecule has 0 radical (unpaired) electrons. The monoisotopic (exact) mass is 671 g/mol. The molecule has 47 heavy (non-hydrogen) atoms. The van der Waals surface area contributed by atoms with Crippen LogP contribution < -0.4 is 9.62 Å². The summed E-state index contributed by atoms with van der Waals surface area (Å²) in [5.74, 6) is -0.492. The van der Waals surface area contributed by atoms with Crippen molar-refractivity contribution in [2.45, 2.75) is 75.4 Å². The van der Waals surface area contributed by atoms with Crippen molar-refractivity contribution in [2.75, 3.05) is 10.8 Å². The van der Waals surface area contributed by atoms with Crippen molar-refractivity contribution in [1.29, 1.82) is 0 Å². The van der Waals surface area contributed by atoms with Crippen LogP contribution in [0.4, 0.5) is 5.69 Å². The fraction of sp³-hybridized carbons (Fsp3) is 0.316. The van der Waals surface area contributed by atoms with Gasteiger partial charge in [0.05, 0.1) is 10.6 Å². The zero-order valence-corrected chi connectivity index (χ0v) is 28.5. The topological polar surface area (TPSA) is 86.8 Å². The lowest BCUT2D eigenvalue weighted by atomic mass is 10.0. The maximum Gasteiger partial charge on any atom is 0.264 e. The summed E-state index contributed by atoms with van der Waals surface area (Å²) < 4.78 is 29.5. The molecule has 1 aliphatic rings. The van der Waals surface area contributed by atoms with Crippen molar-refractivity contribution in [1.82, 2.24) is 10.2 Å². The standard InChI is InChI=1S/C38H42ClN3O4S/c1-28(2)31-19-23-34(24-20-31)42(47(45,46)35-15-7-4-8-16-35)27-37(43)41(26-30-17-21-32(39)22-18-30)36(25-29-11-5-3-6-12-29)38(44)40-33-13-9-10-14-33/h3-8,11-12,15-24,28,33,36H,9-10,13-14,25-27H2,1-2H3,(H,40,44). The number of carbonyl (C=O) groups excluding carboxylic acids is 2. The molecule has 0 bridgehead atoms. The predicted octanol–water partition coefficient (Wildman–Crippen LogP) is 7.36. The molecule has 4 aromatic rings. The first-order valence-corrected chi connectivity index (χ1v) is 18.0. The van der Waals surface area contributed by atoms with Crippen molar-refractivity contribution in [3.8, 4) is 0 Å². The number of nitrogens with one attached hydrogen (secondary N) is 1. The highest BCUT2D eigenvalue weighted by Crippen LogP contribution is 2.27. The van der Waals surface area contributed by atoms with Gasteiger partial charge in [0.1, 0.15) is 12.6 Å². The molecule has 0 aromatic heterocycles. The van der Waals surface area contributed by atoms with E-state index in [0.717, 1.165) is 46.7 Å². The zero-order chi connectivity index (χ0) is 33.4. The Morgan fingerprint density at radius 3 is 2.00 bits per heavy atom. The number of benzene rings is 4. The third-order valence-corrected chi connectivity index (χ3v) is 10.7. The molecule has 1 saturated carbocycles. The van der Waals surface area contributed by atoms with E-state index >= 15 is 0 Å². The molecular weight excluding hydrogens is 630 g/mol. The van der Waals surface area contributed by atoms with E-state index in [2.05, 4.69) is 19.2 Å². The van der Waals surface area contributed by atoms with E-state index in [9.17, 15) is 18.0 Å². The van der Waals surface area contributed by atoms with Crippen LogP contribution in [0.5, 0.6) is 0 Å². The number of halogens is 1. The highest BCUT2D eigenvalue weighted by molar-refractivity contribution is 7.92. The number of amides is 2. The van der Waals surface area contributed by atoms with Gasteiger partial charge in [-0.1, -0.05) is 111 Å². The summed E-state index contributed by atoms with van der Waals surface area (Å²) in [5.41, 5.74) is 3.08. The lowest BCUT2D eigenvalue weighted by molar-refractivity contribution is -0.140. The number of rotatable bonds is 13. The van der Waals surface area contributed by atoms with E-state index in [1.54, 1.807) is 42.5 Å². The minimum absolute atomic E-state index is 0.0442. The summed E-state index contributed by atoms with van der Waals surface area (Å²) >= 11 is 6.18. The summed E-state index contributed by atoms with van der Waals surface area (Å²) in [6, 6.07) is 31.2. The van der Waals surface area contributed by atoms with Gasteiger partial charge >= 0.3 is 0 Å². The van der Waals surface area contributed by atoms with Gasteiger partial charge in [0, 0.05) is 24.0 Å². The van der Waals surface area contributed by atoms with Crippen molar-refractivity contribution in [2.24, 2.45) is 0 Å². The third-order valence-electron chi connectivity index (χ3n) is 8.70. The van der Waals surface area contributed by atoms with Crippen LogP contribution in [0.15, 0.2) is 114 Å². The molecule has 2 amide bonds. The van der Waals surface area contributed by atoms with Crippen LogP contribution in [0.1, 0.15) is 62.1 Å². The van der Waals surface area contributed by atoms with E-state index in [1.165, 1.54) is 17.0 Å². The van der Waals surface area contributed by atoms with Crippen molar-refractivity contribution in [3.63, 3.8) is 0 Å². The Morgan fingerprint density at radius 1 is 0.809 bits per heavy atom. The zero-order valence-electron chi connectivity index (χ0n) is 26.9. The minimum Gasteiger partial charge on any atom is -0.352 e. The summed E-state index contributed by atoms with van der Waals surface area (Å²) in [7, 11) is -4.15. The summed E-state index contributed by atoms with van der Waals surface area (Å²) in [6.07, 6.45) is 4.15. The fourth-order valence-electron chi connectivity index (χ4n) is 5.98. The minimum atomic E-state index is -4.15.